The molecule has 118 valence electrons. The number of hydrogen-bond acceptors (Lipinski definition) is 7. The molecule has 0 radical (unpaired) electrons. The summed E-state index contributed by atoms with van der Waals surface area (Å²) in [6.45, 7) is 7.49. The number of nitrogens with zero attached hydrogens (tertiary/aromatic N) is 1. The minimum atomic E-state index is -0.540. The molecule has 0 bridgehead atoms. The minimum Gasteiger partial charge on any atom is -0.465 e. The molecule has 0 spiro atoms. The average Bonchev–Trinajstić information content (AvgIpc) is 2.81. The van der Waals surface area contributed by atoms with Crippen LogP contribution >= 0.6 is 11.3 Å². The summed E-state index contributed by atoms with van der Waals surface area (Å²) in [5, 5.41) is 0.663. The summed E-state index contributed by atoms with van der Waals surface area (Å²) in [6, 6.07) is 0. The summed E-state index contributed by atoms with van der Waals surface area (Å²) in [4.78, 5) is 26.2. The molecule has 0 aliphatic carbocycles. The van der Waals surface area contributed by atoms with E-state index in [1.807, 2.05) is 18.7 Å². The summed E-state index contributed by atoms with van der Waals surface area (Å²) >= 11 is 1.17. The summed E-state index contributed by atoms with van der Waals surface area (Å²) in [5.41, 5.74) is 6.38. The first-order chi connectivity index (χ1) is 10.0. The first-order valence-electron chi connectivity index (χ1n) is 6.94. The zero-order chi connectivity index (χ0) is 16.0. The van der Waals surface area contributed by atoms with Crippen LogP contribution < -0.4 is 10.6 Å². The van der Waals surface area contributed by atoms with Gasteiger partial charge in [-0.3, -0.25) is 0 Å². The number of hydrogen-bond donors (Lipinski definition) is 1. The minimum absolute atomic E-state index is 0.134. The van der Waals surface area contributed by atoms with Crippen LogP contribution in [0.3, 0.4) is 0 Å². The molecule has 6 nitrogen and oxygen atoms in total. The maximum atomic E-state index is 12.2. The van der Waals surface area contributed by atoms with Crippen LogP contribution in [0.1, 0.15) is 47.2 Å². The summed E-state index contributed by atoms with van der Waals surface area (Å²) in [6.07, 6.45) is 0.918. The molecule has 0 atom stereocenters. The van der Waals surface area contributed by atoms with Gasteiger partial charge in [-0.05, 0) is 20.3 Å². The number of anilines is 2. The van der Waals surface area contributed by atoms with Crippen LogP contribution in [0, 0.1) is 0 Å². The molecule has 0 aromatic carbocycles. The Morgan fingerprint density at radius 1 is 1.24 bits per heavy atom. The fourth-order valence-corrected chi connectivity index (χ4v) is 3.19. The second kappa shape index (κ2) is 7.87. The number of ether oxygens (including phenoxy) is 2. The lowest BCUT2D eigenvalue weighted by Crippen LogP contribution is -2.24. The predicted molar refractivity (Wildman–Crippen MR) is 84.2 cm³/mol. The zero-order valence-electron chi connectivity index (χ0n) is 12.9. The Morgan fingerprint density at radius 2 is 1.90 bits per heavy atom. The van der Waals surface area contributed by atoms with Crippen molar-refractivity contribution in [3.8, 4) is 0 Å². The third-order valence-electron chi connectivity index (χ3n) is 2.94. The van der Waals surface area contributed by atoms with E-state index < -0.39 is 11.9 Å². The molecule has 1 aromatic rings. The van der Waals surface area contributed by atoms with Gasteiger partial charge in [0.25, 0.3) is 0 Å². The van der Waals surface area contributed by atoms with Gasteiger partial charge < -0.3 is 20.1 Å². The highest BCUT2D eigenvalue weighted by Gasteiger charge is 2.29. The lowest BCUT2D eigenvalue weighted by Gasteiger charge is -2.21. The first-order valence-corrected chi connectivity index (χ1v) is 7.75. The van der Waals surface area contributed by atoms with Crippen molar-refractivity contribution in [2.45, 2.75) is 27.2 Å². The smallest absolute Gasteiger partial charge is 0.350 e. The largest absolute Gasteiger partial charge is 0.465 e. The number of carbonyl (C=O) groups is 2. The van der Waals surface area contributed by atoms with Gasteiger partial charge in [0.15, 0.2) is 0 Å². The SMILES string of the molecule is CCCN(CC)c1sc(C(=O)OC)c(N)c1C(=O)OCC. The first kappa shape index (κ1) is 17.3. The lowest BCUT2D eigenvalue weighted by molar-refractivity contribution is 0.0529. The average molecular weight is 314 g/mol. The molecule has 1 heterocycles. The van der Waals surface area contributed by atoms with E-state index >= 15 is 0 Å². The second-order valence-electron chi connectivity index (χ2n) is 4.32. The van der Waals surface area contributed by atoms with E-state index in [1.165, 1.54) is 18.4 Å². The molecule has 7 heteroatoms. The third-order valence-corrected chi connectivity index (χ3v) is 4.19. The Morgan fingerprint density at radius 3 is 2.38 bits per heavy atom. The number of nitrogens with two attached hydrogens (primary N) is 1. The van der Waals surface area contributed by atoms with E-state index in [1.54, 1.807) is 6.92 Å². The Balaban J connectivity index is 3.38. The van der Waals surface area contributed by atoms with E-state index in [0.717, 1.165) is 13.0 Å². The Hall–Kier alpha value is -1.76. The van der Waals surface area contributed by atoms with Crippen LogP contribution in [0.25, 0.3) is 0 Å². The number of thiophene rings is 1. The van der Waals surface area contributed by atoms with Crippen molar-refractivity contribution in [2.24, 2.45) is 0 Å². The van der Waals surface area contributed by atoms with Crippen molar-refractivity contribution in [1.29, 1.82) is 0 Å². The van der Waals surface area contributed by atoms with Gasteiger partial charge in [0.05, 0.1) is 19.4 Å². The maximum Gasteiger partial charge on any atom is 0.350 e. The zero-order valence-corrected chi connectivity index (χ0v) is 13.7. The molecule has 0 saturated carbocycles. The fraction of sp³-hybridized carbons (Fsp3) is 0.571. The molecular formula is C14H22N2O4S. The maximum absolute atomic E-state index is 12.2. The van der Waals surface area contributed by atoms with Gasteiger partial charge in [0.2, 0.25) is 0 Å². The van der Waals surface area contributed by atoms with E-state index in [9.17, 15) is 9.59 Å². The van der Waals surface area contributed by atoms with Gasteiger partial charge in [0, 0.05) is 13.1 Å². The van der Waals surface area contributed by atoms with Crippen molar-refractivity contribution in [1.82, 2.24) is 0 Å². The highest BCUT2D eigenvalue weighted by molar-refractivity contribution is 7.19. The third kappa shape index (κ3) is 3.66. The van der Waals surface area contributed by atoms with Crippen LogP contribution in [0.4, 0.5) is 10.7 Å². The van der Waals surface area contributed by atoms with Crippen LogP contribution in [0.5, 0.6) is 0 Å². The molecule has 1 rings (SSSR count). The topological polar surface area (TPSA) is 81.9 Å². The lowest BCUT2D eigenvalue weighted by atomic mass is 10.2. The fourth-order valence-electron chi connectivity index (χ4n) is 1.97. The molecule has 0 aliphatic rings. The molecular weight excluding hydrogens is 292 g/mol. The normalized spacial score (nSPS) is 10.3. The molecule has 0 amide bonds. The molecule has 0 fully saturated rings. The number of esters is 2. The Kier molecular flexibility index (Phi) is 6.48. The highest BCUT2D eigenvalue weighted by Crippen LogP contribution is 2.39. The van der Waals surface area contributed by atoms with Gasteiger partial charge >= 0.3 is 11.9 Å². The predicted octanol–water partition coefficient (Wildman–Crippen LogP) is 2.53. The molecule has 0 saturated heterocycles. The van der Waals surface area contributed by atoms with E-state index in [-0.39, 0.29) is 22.7 Å². The van der Waals surface area contributed by atoms with Gasteiger partial charge in [0.1, 0.15) is 15.4 Å². The number of nitrogen functional groups attached to an aromatic ring is 1. The molecule has 2 N–H and O–H groups in total. The standard InChI is InChI=1S/C14H22N2O4S/c1-5-8-16(6-2)12-9(13(17)20-7-3)10(15)11(21-12)14(18)19-4/h5-8,15H2,1-4H3. The molecule has 1 aromatic heterocycles. The van der Waals surface area contributed by atoms with E-state index in [4.69, 9.17) is 15.2 Å². The van der Waals surface area contributed by atoms with E-state index in [0.29, 0.717) is 11.5 Å². The molecule has 0 unspecified atom stereocenters. The van der Waals surface area contributed by atoms with Gasteiger partial charge in [-0.15, -0.1) is 11.3 Å². The Labute approximate surface area is 128 Å². The summed E-state index contributed by atoms with van der Waals surface area (Å²) < 4.78 is 9.78. The highest BCUT2D eigenvalue weighted by atomic mass is 32.1. The van der Waals surface area contributed by atoms with Crippen LogP contribution in [0.2, 0.25) is 0 Å². The quantitative estimate of drug-likeness (QED) is 0.779. The Bertz CT molecular complexity index is 513. The van der Waals surface area contributed by atoms with Gasteiger partial charge in [-0.25, -0.2) is 9.59 Å². The summed E-state index contributed by atoms with van der Waals surface area (Å²) in [5.74, 6) is -1.05. The van der Waals surface area contributed by atoms with Gasteiger partial charge in [-0.2, -0.15) is 0 Å². The van der Waals surface area contributed by atoms with Crippen LogP contribution in [0.15, 0.2) is 0 Å². The summed E-state index contributed by atoms with van der Waals surface area (Å²) in [7, 11) is 1.29. The van der Waals surface area contributed by atoms with Crippen molar-refractivity contribution < 1.29 is 19.1 Å². The van der Waals surface area contributed by atoms with Crippen molar-refractivity contribution >= 4 is 34.0 Å². The van der Waals surface area contributed by atoms with Gasteiger partial charge in [-0.1, -0.05) is 6.92 Å². The number of methoxy groups -OCH3 is 1. The second-order valence-corrected chi connectivity index (χ2v) is 5.32. The van der Waals surface area contributed by atoms with Crippen molar-refractivity contribution in [3.05, 3.63) is 10.4 Å². The van der Waals surface area contributed by atoms with Crippen molar-refractivity contribution in [3.63, 3.8) is 0 Å². The number of rotatable bonds is 7. The van der Waals surface area contributed by atoms with E-state index in [2.05, 4.69) is 0 Å². The molecule has 0 aliphatic heterocycles. The number of carbonyl (C=O) groups excluding carboxylic acids is 2. The monoisotopic (exact) mass is 314 g/mol. The molecule has 21 heavy (non-hydrogen) atoms. The van der Waals surface area contributed by atoms with Crippen LogP contribution in [-0.4, -0.2) is 38.7 Å². The van der Waals surface area contributed by atoms with Crippen LogP contribution in [-0.2, 0) is 9.47 Å². The van der Waals surface area contributed by atoms with Crippen molar-refractivity contribution in [2.75, 3.05) is 37.4 Å².